The molecular formula is C15H20ClN3O. The van der Waals surface area contributed by atoms with Crippen molar-refractivity contribution < 1.29 is 4.74 Å². The van der Waals surface area contributed by atoms with Crippen molar-refractivity contribution in [2.45, 2.75) is 19.9 Å². The summed E-state index contributed by atoms with van der Waals surface area (Å²) in [5, 5.41) is 8.44. The third kappa shape index (κ3) is 3.32. The SMILES string of the molecule is COCC(Nc1cccc(Cl)c1-n1cccn1)C(C)C. The maximum atomic E-state index is 6.33. The average Bonchev–Trinajstić information content (AvgIpc) is 2.92. The molecule has 0 saturated carbocycles. The molecule has 1 atom stereocenters. The molecule has 0 radical (unpaired) electrons. The molecule has 0 saturated heterocycles. The lowest BCUT2D eigenvalue weighted by Crippen LogP contribution is -2.31. The van der Waals surface area contributed by atoms with Crippen LogP contribution in [0.2, 0.25) is 5.02 Å². The predicted molar refractivity (Wildman–Crippen MR) is 82.7 cm³/mol. The Morgan fingerprint density at radius 1 is 1.35 bits per heavy atom. The van der Waals surface area contributed by atoms with Gasteiger partial charge < -0.3 is 10.1 Å². The van der Waals surface area contributed by atoms with Gasteiger partial charge in [0.15, 0.2) is 0 Å². The number of para-hydroxylation sites is 1. The lowest BCUT2D eigenvalue weighted by Gasteiger charge is -2.24. The Balaban J connectivity index is 2.34. The summed E-state index contributed by atoms with van der Waals surface area (Å²) >= 11 is 6.33. The van der Waals surface area contributed by atoms with Gasteiger partial charge in [-0.25, -0.2) is 4.68 Å². The van der Waals surface area contributed by atoms with Crippen molar-refractivity contribution in [2.75, 3.05) is 19.0 Å². The highest BCUT2D eigenvalue weighted by Crippen LogP contribution is 2.29. The van der Waals surface area contributed by atoms with Crippen molar-refractivity contribution in [3.8, 4) is 5.69 Å². The average molecular weight is 294 g/mol. The standard InChI is InChI=1S/C15H20ClN3O/c1-11(2)14(10-20-3)18-13-7-4-6-12(16)15(13)19-9-5-8-17-19/h4-9,11,14,18H,10H2,1-3H3. The van der Waals surface area contributed by atoms with Crippen LogP contribution in [-0.2, 0) is 4.74 Å². The molecule has 2 aromatic rings. The topological polar surface area (TPSA) is 39.1 Å². The van der Waals surface area contributed by atoms with Gasteiger partial charge in [0.1, 0.15) is 5.69 Å². The first-order valence-electron chi connectivity index (χ1n) is 6.67. The minimum atomic E-state index is 0.216. The zero-order valence-electron chi connectivity index (χ0n) is 12.0. The van der Waals surface area contributed by atoms with E-state index in [1.165, 1.54) is 0 Å². The number of hydrogen-bond acceptors (Lipinski definition) is 3. The summed E-state index contributed by atoms with van der Waals surface area (Å²) in [7, 11) is 1.71. The summed E-state index contributed by atoms with van der Waals surface area (Å²) in [6.07, 6.45) is 3.62. The number of nitrogens with one attached hydrogen (secondary N) is 1. The second-order valence-corrected chi connectivity index (χ2v) is 5.44. The van der Waals surface area contributed by atoms with Gasteiger partial charge in [0.25, 0.3) is 0 Å². The molecule has 0 spiro atoms. The Kier molecular flexibility index (Phi) is 5.04. The molecule has 1 N–H and O–H groups in total. The van der Waals surface area contributed by atoms with E-state index in [-0.39, 0.29) is 6.04 Å². The van der Waals surface area contributed by atoms with Crippen LogP contribution >= 0.6 is 11.6 Å². The lowest BCUT2D eigenvalue weighted by molar-refractivity contribution is 0.171. The van der Waals surface area contributed by atoms with E-state index in [1.54, 1.807) is 18.0 Å². The molecule has 0 aliphatic carbocycles. The summed E-state index contributed by atoms with van der Waals surface area (Å²) in [6.45, 7) is 4.96. The van der Waals surface area contributed by atoms with E-state index >= 15 is 0 Å². The molecule has 0 bridgehead atoms. The Bertz CT molecular complexity index is 540. The minimum absolute atomic E-state index is 0.216. The van der Waals surface area contributed by atoms with Crippen molar-refractivity contribution in [3.05, 3.63) is 41.7 Å². The number of aromatic nitrogens is 2. The highest BCUT2D eigenvalue weighted by atomic mass is 35.5. The van der Waals surface area contributed by atoms with Crippen molar-refractivity contribution >= 4 is 17.3 Å². The number of ether oxygens (including phenoxy) is 1. The summed E-state index contributed by atoms with van der Waals surface area (Å²) in [6, 6.07) is 7.90. The smallest absolute Gasteiger partial charge is 0.106 e. The molecule has 0 fully saturated rings. The molecule has 4 nitrogen and oxygen atoms in total. The number of hydrogen-bond donors (Lipinski definition) is 1. The first-order valence-corrected chi connectivity index (χ1v) is 7.05. The van der Waals surface area contributed by atoms with Crippen LogP contribution in [0.1, 0.15) is 13.8 Å². The van der Waals surface area contributed by atoms with Crippen LogP contribution in [0.3, 0.4) is 0 Å². The molecule has 0 aliphatic rings. The van der Waals surface area contributed by atoms with Crippen molar-refractivity contribution in [1.29, 1.82) is 0 Å². The Morgan fingerprint density at radius 2 is 2.15 bits per heavy atom. The molecule has 1 heterocycles. The predicted octanol–water partition coefficient (Wildman–Crippen LogP) is 3.61. The van der Waals surface area contributed by atoms with Gasteiger partial charge in [-0.15, -0.1) is 0 Å². The molecule has 1 aromatic carbocycles. The zero-order valence-corrected chi connectivity index (χ0v) is 12.8. The second kappa shape index (κ2) is 6.77. The normalized spacial score (nSPS) is 12.7. The van der Waals surface area contributed by atoms with Gasteiger partial charge in [-0.05, 0) is 24.1 Å². The highest BCUT2D eigenvalue weighted by molar-refractivity contribution is 6.33. The Morgan fingerprint density at radius 3 is 2.75 bits per heavy atom. The highest BCUT2D eigenvalue weighted by Gasteiger charge is 2.16. The van der Waals surface area contributed by atoms with E-state index < -0.39 is 0 Å². The number of anilines is 1. The third-order valence-corrected chi connectivity index (χ3v) is 3.52. The van der Waals surface area contributed by atoms with E-state index in [0.717, 1.165) is 11.4 Å². The molecule has 2 rings (SSSR count). The number of methoxy groups -OCH3 is 1. The first-order chi connectivity index (χ1) is 9.63. The van der Waals surface area contributed by atoms with Crippen molar-refractivity contribution in [2.24, 2.45) is 5.92 Å². The monoisotopic (exact) mass is 293 g/mol. The summed E-state index contributed by atoms with van der Waals surface area (Å²) in [4.78, 5) is 0. The van der Waals surface area contributed by atoms with Gasteiger partial charge in [-0.2, -0.15) is 5.10 Å². The van der Waals surface area contributed by atoms with Crippen molar-refractivity contribution in [1.82, 2.24) is 9.78 Å². The Labute approximate surface area is 124 Å². The van der Waals surface area contributed by atoms with Gasteiger partial charge in [-0.3, -0.25) is 0 Å². The fourth-order valence-corrected chi connectivity index (χ4v) is 2.31. The summed E-state index contributed by atoms with van der Waals surface area (Å²) < 4.78 is 7.05. The van der Waals surface area contributed by atoms with Gasteiger partial charge in [-0.1, -0.05) is 31.5 Å². The second-order valence-electron chi connectivity index (χ2n) is 5.04. The minimum Gasteiger partial charge on any atom is -0.383 e. The van der Waals surface area contributed by atoms with E-state index in [0.29, 0.717) is 17.5 Å². The molecule has 5 heteroatoms. The molecule has 1 aromatic heterocycles. The quantitative estimate of drug-likeness (QED) is 0.884. The lowest BCUT2D eigenvalue weighted by atomic mass is 10.0. The van der Waals surface area contributed by atoms with E-state index in [4.69, 9.17) is 16.3 Å². The van der Waals surface area contributed by atoms with Crippen LogP contribution in [0.4, 0.5) is 5.69 Å². The van der Waals surface area contributed by atoms with E-state index in [9.17, 15) is 0 Å². The molecule has 108 valence electrons. The van der Waals surface area contributed by atoms with Crippen LogP contribution in [0.5, 0.6) is 0 Å². The van der Waals surface area contributed by atoms with Gasteiger partial charge >= 0.3 is 0 Å². The summed E-state index contributed by atoms with van der Waals surface area (Å²) in [5.41, 5.74) is 1.82. The molecule has 1 unspecified atom stereocenters. The maximum Gasteiger partial charge on any atom is 0.106 e. The zero-order chi connectivity index (χ0) is 14.5. The van der Waals surface area contributed by atoms with E-state index in [1.807, 2.05) is 30.5 Å². The maximum absolute atomic E-state index is 6.33. The van der Waals surface area contributed by atoms with Gasteiger partial charge in [0.05, 0.1) is 23.4 Å². The number of nitrogens with zero attached hydrogens (tertiary/aromatic N) is 2. The molecule has 20 heavy (non-hydrogen) atoms. The fourth-order valence-electron chi connectivity index (χ4n) is 2.05. The van der Waals surface area contributed by atoms with Crippen LogP contribution in [0.25, 0.3) is 5.69 Å². The fraction of sp³-hybridized carbons (Fsp3) is 0.400. The van der Waals surface area contributed by atoms with Gasteiger partial charge in [0.2, 0.25) is 0 Å². The van der Waals surface area contributed by atoms with E-state index in [2.05, 4.69) is 24.3 Å². The van der Waals surface area contributed by atoms with Crippen molar-refractivity contribution in [3.63, 3.8) is 0 Å². The number of halogens is 1. The Hall–Kier alpha value is -1.52. The molecule has 0 amide bonds. The third-order valence-electron chi connectivity index (χ3n) is 3.21. The summed E-state index contributed by atoms with van der Waals surface area (Å²) in [5.74, 6) is 0.444. The van der Waals surface area contributed by atoms with Crippen LogP contribution in [-0.4, -0.2) is 29.5 Å². The van der Waals surface area contributed by atoms with Crippen LogP contribution < -0.4 is 5.32 Å². The largest absolute Gasteiger partial charge is 0.383 e. The van der Waals surface area contributed by atoms with Crippen LogP contribution in [0.15, 0.2) is 36.7 Å². The number of rotatable bonds is 6. The molecular weight excluding hydrogens is 274 g/mol. The number of benzene rings is 1. The molecule has 0 aliphatic heterocycles. The van der Waals surface area contributed by atoms with Crippen LogP contribution in [0, 0.1) is 5.92 Å². The van der Waals surface area contributed by atoms with Gasteiger partial charge in [0, 0.05) is 19.5 Å². The first kappa shape index (κ1) is 14.9.